The zero-order valence-corrected chi connectivity index (χ0v) is 12.8. The first-order valence-corrected chi connectivity index (χ1v) is 6.99. The fraction of sp³-hybridized carbons (Fsp3) is 0.0625. The summed E-state index contributed by atoms with van der Waals surface area (Å²) in [7, 11) is 0. The van der Waals surface area contributed by atoms with Crippen LogP contribution in [0.1, 0.15) is 22.8 Å². The molecule has 106 valence electrons. The van der Waals surface area contributed by atoms with Crippen molar-refractivity contribution in [1.29, 1.82) is 0 Å². The minimum absolute atomic E-state index is 0.0315. The molecule has 0 bridgehead atoms. The Hall–Kier alpha value is -2.27. The van der Waals surface area contributed by atoms with Crippen LogP contribution >= 0.6 is 15.9 Å². The standard InChI is InChI=1S/C16H12BrNO3/c1-11(16(19)13-4-6-14(17)7-5-13)10-12-2-8-15(9-3-12)18(20)21/h2-10H,1H3. The van der Waals surface area contributed by atoms with E-state index in [1.54, 1.807) is 37.3 Å². The van der Waals surface area contributed by atoms with Gasteiger partial charge in [0.1, 0.15) is 0 Å². The predicted octanol–water partition coefficient (Wildman–Crippen LogP) is 4.64. The zero-order chi connectivity index (χ0) is 15.4. The number of nitro groups is 1. The van der Waals surface area contributed by atoms with E-state index in [0.717, 1.165) is 10.0 Å². The molecule has 0 aliphatic rings. The van der Waals surface area contributed by atoms with E-state index in [-0.39, 0.29) is 11.5 Å². The van der Waals surface area contributed by atoms with Crippen LogP contribution in [0.25, 0.3) is 6.08 Å². The van der Waals surface area contributed by atoms with Crippen molar-refractivity contribution in [2.75, 3.05) is 0 Å². The van der Waals surface area contributed by atoms with E-state index >= 15 is 0 Å². The van der Waals surface area contributed by atoms with Gasteiger partial charge in [-0.15, -0.1) is 0 Å². The van der Waals surface area contributed by atoms with Crippen molar-refractivity contribution >= 4 is 33.5 Å². The van der Waals surface area contributed by atoms with Crippen LogP contribution in [0.15, 0.2) is 58.6 Å². The van der Waals surface area contributed by atoms with Crippen LogP contribution in [-0.4, -0.2) is 10.7 Å². The number of carbonyl (C=O) groups is 1. The largest absolute Gasteiger partial charge is 0.289 e. The first-order chi connectivity index (χ1) is 9.97. The SMILES string of the molecule is CC(=Cc1ccc([N+](=O)[O-])cc1)C(=O)c1ccc(Br)cc1. The van der Waals surface area contributed by atoms with Gasteiger partial charge in [-0.1, -0.05) is 15.9 Å². The van der Waals surface area contributed by atoms with E-state index in [9.17, 15) is 14.9 Å². The molecular formula is C16H12BrNO3. The average Bonchev–Trinajstić information content (AvgIpc) is 2.47. The minimum Gasteiger partial charge on any atom is -0.289 e. The third-order valence-electron chi connectivity index (χ3n) is 2.95. The summed E-state index contributed by atoms with van der Waals surface area (Å²) in [5.41, 5.74) is 1.97. The summed E-state index contributed by atoms with van der Waals surface area (Å²) in [4.78, 5) is 22.4. The normalized spacial score (nSPS) is 11.2. The molecule has 0 N–H and O–H groups in total. The van der Waals surface area contributed by atoms with Crippen LogP contribution in [0.2, 0.25) is 0 Å². The number of rotatable bonds is 4. The van der Waals surface area contributed by atoms with E-state index in [4.69, 9.17) is 0 Å². The van der Waals surface area contributed by atoms with Crippen LogP contribution in [-0.2, 0) is 0 Å². The van der Waals surface area contributed by atoms with Crippen LogP contribution in [0.5, 0.6) is 0 Å². The number of nitrogens with zero attached hydrogens (tertiary/aromatic N) is 1. The summed E-state index contributed by atoms with van der Waals surface area (Å²) in [6.45, 7) is 1.73. The van der Waals surface area contributed by atoms with Gasteiger partial charge in [-0.3, -0.25) is 14.9 Å². The van der Waals surface area contributed by atoms with Gasteiger partial charge in [-0.05, 0) is 60.5 Å². The minimum atomic E-state index is -0.451. The van der Waals surface area contributed by atoms with Crippen molar-refractivity contribution in [3.63, 3.8) is 0 Å². The highest BCUT2D eigenvalue weighted by Crippen LogP contribution is 2.17. The topological polar surface area (TPSA) is 60.2 Å². The fourth-order valence-electron chi connectivity index (χ4n) is 1.84. The van der Waals surface area contributed by atoms with Gasteiger partial charge in [-0.25, -0.2) is 0 Å². The Morgan fingerprint density at radius 2 is 1.67 bits per heavy atom. The number of carbonyl (C=O) groups excluding carboxylic acids is 1. The molecule has 0 spiro atoms. The Bertz CT molecular complexity index is 703. The molecule has 21 heavy (non-hydrogen) atoms. The lowest BCUT2D eigenvalue weighted by Gasteiger charge is -2.02. The molecule has 5 heteroatoms. The summed E-state index contributed by atoms with van der Waals surface area (Å²) in [5, 5.41) is 10.6. The smallest absolute Gasteiger partial charge is 0.269 e. The second kappa shape index (κ2) is 6.45. The predicted molar refractivity (Wildman–Crippen MR) is 85.2 cm³/mol. The van der Waals surface area contributed by atoms with Crippen LogP contribution in [0, 0.1) is 10.1 Å². The molecule has 2 aromatic rings. The first-order valence-electron chi connectivity index (χ1n) is 6.20. The number of hydrogen-bond acceptors (Lipinski definition) is 3. The number of halogens is 1. The Morgan fingerprint density at radius 3 is 2.19 bits per heavy atom. The van der Waals surface area contributed by atoms with E-state index in [0.29, 0.717) is 11.1 Å². The molecule has 2 rings (SSSR count). The molecule has 0 heterocycles. The van der Waals surface area contributed by atoms with Crippen molar-refractivity contribution in [1.82, 2.24) is 0 Å². The summed E-state index contributed by atoms with van der Waals surface area (Å²) in [5.74, 6) is -0.0687. The van der Waals surface area contributed by atoms with Gasteiger partial charge in [-0.2, -0.15) is 0 Å². The lowest BCUT2D eigenvalue weighted by Crippen LogP contribution is -2.00. The molecule has 0 unspecified atom stereocenters. The number of nitro benzene ring substituents is 1. The zero-order valence-electron chi connectivity index (χ0n) is 11.2. The summed E-state index contributed by atoms with van der Waals surface area (Å²) in [6.07, 6.45) is 1.72. The van der Waals surface area contributed by atoms with Crippen LogP contribution in [0.4, 0.5) is 5.69 Å². The van der Waals surface area contributed by atoms with E-state index < -0.39 is 4.92 Å². The second-order valence-corrected chi connectivity index (χ2v) is 5.43. The maximum Gasteiger partial charge on any atom is 0.269 e. The third-order valence-corrected chi connectivity index (χ3v) is 3.48. The maximum absolute atomic E-state index is 12.2. The lowest BCUT2D eigenvalue weighted by molar-refractivity contribution is -0.384. The third kappa shape index (κ3) is 3.86. The molecule has 4 nitrogen and oxygen atoms in total. The van der Waals surface area contributed by atoms with Gasteiger partial charge in [0, 0.05) is 22.2 Å². The number of ketones is 1. The summed E-state index contributed by atoms with van der Waals surface area (Å²) in [6, 6.07) is 13.2. The van der Waals surface area contributed by atoms with Gasteiger partial charge in [0.05, 0.1) is 4.92 Å². The van der Waals surface area contributed by atoms with Crippen molar-refractivity contribution in [2.24, 2.45) is 0 Å². The highest BCUT2D eigenvalue weighted by molar-refractivity contribution is 9.10. The molecule has 0 saturated heterocycles. The molecule has 0 radical (unpaired) electrons. The number of non-ortho nitro benzene ring substituents is 1. The Morgan fingerprint density at radius 1 is 1.10 bits per heavy atom. The van der Waals surface area contributed by atoms with Crippen molar-refractivity contribution in [3.05, 3.63) is 79.8 Å². The van der Waals surface area contributed by atoms with Gasteiger partial charge < -0.3 is 0 Å². The number of hydrogen-bond donors (Lipinski definition) is 0. The van der Waals surface area contributed by atoms with Crippen LogP contribution in [0.3, 0.4) is 0 Å². The quantitative estimate of drug-likeness (QED) is 0.351. The summed E-state index contributed by atoms with van der Waals surface area (Å²) >= 11 is 3.32. The molecule has 0 aliphatic carbocycles. The van der Waals surface area contributed by atoms with Crippen molar-refractivity contribution in [2.45, 2.75) is 6.92 Å². The van der Waals surface area contributed by atoms with Crippen molar-refractivity contribution in [3.8, 4) is 0 Å². The van der Waals surface area contributed by atoms with Crippen molar-refractivity contribution < 1.29 is 9.72 Å². The molecular weight excluding hydrogens is 334 g/mol. The number of benzene rings is 2. The second-order valence-electron chi connectivity index (χ2n) is 4.51. The highest BCUT2D eigenvalue weighted by Gasteiger charge is 2.08. The maximum atomic E-state index is 12.2. The van der Waals surface area contributed by atoms with E-state index in [1.165, 1.54) is 12.1 Å². The Labute approximate surface area is 130 Å². The molecule has 0 atom stereocenters. The van der Waals surface area contributed by atoms with E-state index in [2.05, 4.69) is 15.9 Å². The average molecular weight is 346 g/mol. The highest BCUT2D eigenvalue weighted by atomic mass is 79.9. The van der Waals surface area contributed by atoms with Gasteiger partial charge in [0.15, 0.2) is 5.78 Å². The number of Topliss-reactive ketones (excluding diaryl/α,β-unsaturated/α-hetero) is 1. The molecule has 0 saturated carbocycles. The van der Waals surface area contributed by atoms with Gasteiger partial charge in [0.2, 0.25) is 0 Å². The molecule has 0 fully saturated rings. The molecule has 2 aromatic carbocycles. The molecule has 0 amide bonds. The van der Waals surface area contributed by atoms with Crippen LogP contribution < -0.4 is 0 Å². The summed E-state index contributed by atoms with van der Waals surface area (Å²) < 4.78 is 0.913. The number of allylic oxidation sites excluding steroid dienone is 1. The molecule has 0 aromatic heterocycles. The Kier molecular flexibility index (Phi) is 4.65. The molecule has 0 aliphatic heterocycles. The monoisotopic (exact) mass is 345 g/mol. The van der Waals surface area contributed by atoms with Gasteiger partial charge >= 0.3 is 0 Å². The Balaban J connectivity index is 2.21. The van der Waals surface area contributed by atoms with E-state index in [1.807, 2.05) is 12.1 Å². The lowest BCUT2D eigenvalue weighted by atomic mass is 10.0. The van der Waals surface area contributed by atoms with Gasteiger partial charge in [0.25, 0.3) is 5.69 Å². The fourth-order valence-corrected chi connectivity index (χ4v) is 2.10. The first kappa shape index (κ1) is 15.1.